The molecule has 0 radical (unpaired) electrons. The van der Waals surface area contributed by atoms with Crippen molar-refractivity contribution in [2.24, 2.45) is 0 Å². The summed E-state index contributed by atoms with van der Waals surface area (Å²) in [5.74, 6) is -1.71. The van der Waals surface area contributed by atoms with Gasteiger partial charge in [0.1, 0.15) is 12.1 Å². The number of carbonyl (C=O) groups is 4. The van der Waals surface area contributed by atoms with Crippen LogP contribution in [-0.4, -0.2) is 72.1 Å². The van der Waals surface area contributed by atoms with Gasteiger partial charge in [-0.1, -0.05) is 29.8 Å². The van der Waals surface area contributed by atoms with Crippen LogP contribution in [0.2, 0.25) is 0 Å². The quantitative estimate of drug-likeness (QED) is 0.565. The zero-order chi connectivity index (χ0) is 22.1. The van der Waals surface area contributed by atoms with Crippen LogP contribution < -0.4 is 5.32 Å². The highest BCUT2D eigenvalue weighted by atomic mass is 16.5. The molecule has 0 unspecified atom stereocenters. The fraction of sp³-hybridized carbons (Fsp3) is 0.524. The SMILES string of the molecule is Cc1ccc([C@@]2(C)NC(=O)N(CC(=O)OCC(=O)N3C[C@@H](C)O[C@H](C)C3)C2=O)cc1. The highest BCUT2D eigenvalue weighted by Gasteiger charge is 2.49. The summed E-state index contributed by atoms with van der Waals surface area (Å²) in [6, 6.07) is 6.53. The van der Waals surface area contributed by atoms with Crippen molar-refractivity contribution in [1.29, 1.82) is 0 Å². The molecule has 2 heterocycles. The maximum atomic E-state index is 12.9. The average molecular weight is 417 g/mol. The van der Waals surface area contributed by atoms with Gasteiger partial charge in [0.15, 0.2) is 6.61 Å². The van der Waals surface area contributed by atoms with Crippen LogP contribution in [0.15, 0.2) is 24.3 Å². The molecule has 2 aliphatic heterocycles. The van der Waals surface area contributed by atoms with Crippen LogP contribution >= 0.6 is 0 Å². The zero-order valence-corrected chi connectivity index (χ0v) is 17.6. The van der Waals surface area contributed by atoms with Gasteiger partial charge in [-0.05, 0) is 33.3 Å². The second-order valence-electron chi connectivity index (χ2n) is 8.03. The highest BCUT2D eigenvalue weighted by molar-refractivity contribution is 6.08. The Morgan fingerprint density at radius 3 is 2.37 bits per heavy atom. The molecule has 0 bridgehead atoms. The Bertz CT molecular complexity index is 845. The van der Waals surface area contributed by atoms with Gasteiger partial charge < -0.3 is 19.7 Å². The fourth-order valence-electron chi connectivity index (χ4n) is 3.71. The van der Waals surface area contributed by atoms with E-state index < -0.39 is 36.6 Å². The number of esters is 1. The van der Waals surface area contributed by atoms with E-state index in [9.17, 15) is 19.2 Å². The number of hydrogen-bond acceptors (Lipinski definition) is 6. The minimum Gasteiger partial charge on any atom is -0.454 e. The van der Waals surface area contributed by atoms with E-state index in [1.165, 1.54) is 0 Å². The summed E-state index contributed by atoms with van der Waals surface area (Å²) in [7, 11) is 0. The molecule has 0 aliphatic carbocycles. The van der Waals surface area contributed by atoms with Crippen molar-refractivity contribution < 1.29 is 28.7 Å². The molecule has 2 aliphatic rings. The first kappa shape index (κ1) is 21.8. The Hall–Kier alpha value is -2.94. The predicted octanol–water partition coefficient (Wildman–Crippen LogP) is 0.941. The summed E-state index contributed by atoms with van der Waals surface area (Å²) >= 11 is 0. The Morgan fingerprint density at radius 1 is 1.17 bits per heavy atom. The van der Waals surface area contributed by atoms with E-state index in [0.717, 1.165) is 10.5 Å². The third-order valence-corrected chi connectivity index (χ3v) is 5.32. The maximum Gasteiger partial charge on any atom is 0.326 e. The van der Waals surface area contributed by atoms with Crippen molar-refractivity contribution in [3.63, 3.8) is 0 Å². The largest absolute Gasteiger partial charge is 0.454 e. The second-order valence-corrected chi connectivity index (χ2v) is 8.03. The molecule has 9 heteroatoms. The van der Waals surface area contributed by atoms with Gasteiger partial charge in [-0.2, -0.15) is 0 Å². The van der Waals surface area contributed by atoms with Crippen LogP contribution in [0, 0.1) is 6.92 Å². The van der Waals surface area contributed by atoms with Crippen molar-refractivity contribution in [3.8, 4) is 0 Å². The Balaban J connectivity index is 1.57. The molecule has 3 rings (SSSR count). The molecule has 1 N–H and O–H groups in total. The number of imide groups is 1. The lowest BCUT2D eigenvalue weighted by molar-refractivity contribution is -0.158. The number of ether oxygens (including phenoxy) is 2. The monoisotopic (exact) mass is 417 g/mol. The minimum atomic E-state index is -1.26. The van der Waals surface area contributed by atoms with Gasteiger partial charge in [-0.3, -0.25) is 19.3 Å². The molecule has 30 heavy (non-hydrogen) atoms. The van der Waals surface area contributed by atoms with Crippen molar-refractivity contribution in [3.05, 3.63) is 35.4 Å². The van der Waals surface area contributed by atoms with Gasteiger partial charge >= 0.3 is 12.0 Å². The maximum absolute atomic E-state index is 12.9. The number of benzene rings is 1. The van der Waals surface area contributed by atoms with Gasteiger partial charge in [-0.25, -0.2) is 4.79 Å². The van der Waals surface area contributed by atoms with Gasteiger partial charge in [0.2, 0.25) is 0 Å². The van der Waals surface area contributed by atoms with E-state index in [1.807, 2.05) is 32.9 Å². The lowest BCUT2D eigenvalue weighted by Crippen LogP contribution is -2.49. The zero-order valence-electron chi connectivity index (χ0n) is 17.6. The number of morpholine rings is 1. The molecule has 2 fully saturated rings. The first-order valence-corrected chi connectivity index (χ1v) is 9.90. The predicted molar refractivity (Wildman–Crippen MR) is 106 cm³/mol. The van der Waals surface area contributed by atoms with E-state index >= 15 is 0 Å². The van der Waals surface area contributed by atoms with Crippen molar-refractivity contribution in [1.82, 2.24) is 15.1 Å². The number of hydrogen-bond donors (Lipinski definition) is 1. The second kappa shape index (κ2) is 8.43. The third kappa shape index (κ3) is 4.46. The topological polar surface area (TPSA) is 105 Å². The van der Waals surface area contributed by atoms with E-state index in [-0.39, 0.29) is 18.1 Å². The molecule has 1 aromatic carbocycles. The summed E-state index contributed by atoms with van der Waals surface area (Å²) in [5.41, 5.74) is 0.377. The summed E-state index contributed by atoms with van der Waals surface area (Å²) < 4.78 is 10.6. The van der Waals surface area contributed by atoms with Crippen LogP contribution in [0.25, 0.3) is 0 Å². The molecular weight excluding hydrogens is 390 g/mol. The minimum absolute atomic E-state index is 0.0984. The third-order valence-electron chi connectivity index (χ3n) is 5.32. The van der Waals surface area contributed by atoms with Gasteiger partial charge in [0, 0.05) is 13.1 Å². The smallest absolute Gasteiger partial charge is 0.326 e. The normalized spacial score (nSPS) is 26.5. The average Bonchev–Trinajstić information content (AvgIpc) is 2.89. The molecule has 0 saturated carbocycles. The number of nitrogens with zero attached hydrogens (tertiary/aromatic N) is 2. The van der Waals surface area contributed by atoms with E-state index in [4.69, 9.17) is 9.47 Å². The number of rotatable bonds is 5. The van der Waals surface area contributed by atoms with Crippen LogP contribution in [0.5, 0.6) is 0 Å². The molecule has 162 valence electrons. The van der Waals surface area contributed by atoms with Crippen molar-refractivity contribution in [2.45, 2.75) is 45.4 Å². The summed E-state index contributed by atoms with van der Waals surface area (Å²) in [5, 5.41) is 2.64. The number of carbonyl (C=O) groups excluding carboxylic acids is 4. The lowest BCUT2D eigenvalue weighted by atomic mass is 9.91. The van der Waals surface area contributed by atoms with Crippen LogP contribution in [0.1, 0.15) is 31.9 Å². The molecular formula is C21H27N3O6. The first-order valence-electron chi connectivity index (χ1n) is 9.90. The first-order chi connectivity index (χ1) is 14.1. The molecule has 2 saturated heterocycles. The van der Waals surface area contributed by atoms with E-state index in [0.29, 0.717) is 18.7 Å². The van der Waals surface area contributed by atoms with E-state index in [2.05, 4.69) is 5.32 Å². The fourth-order valence-corrected chi connectivity index (χ4v) is 3.71. The Morgan fingerprint density at radius 2 is 1.77 bits per heavy atom. The van der Waals surface area contributed by atoms with Crippen molar-refractivity contribution in [2.75, 3.05) is 26.2 Å². The van der Waals surface area contributed by atoms with E-state index in [1.54, 1.807) is 24.0 Å². The molecule has 9 nitrogen and oxygen atoms in total. The molecule has 4 amide bonds. The number of nitrogens with one attached hydrogen (secondary N) is 1. The molecule has 0 aromatic heterocycles. The number of aryl methyl sites for hydroxylation is 1. The summed E-state index contributed by atoms with van der Waals surface area (Å²) in [6.45, 7) is 7.07. The van der Waals surface area contributed by atoms with Crippen LogP contribution in [0.3, 0.4) is 0 Å². The molecule has 0 spiro atoms. The van der Waals surface area contributed by atoms with Crippen molar-refractivity contribution >= 4 is 23.8 Å². The van der Waals surface area contributed by atoms with Gasteiger partial charge in [0.25, 0.3) is 11.8 Å². The van der Waals surface area contributed by atoms with Crippen LogP contribution in [-0.2, 0) is 29.4 Å². The number of urea groups is 1. The molecule has 1 aromatic rings. The number of amides is 4. The summed E-state index contributed by atoms with van der Waals surface area (Å²) in [4.78, 5) is 52.1. The van der Waals surface area contributed by atoms with Gasteiger partial charge in [0.05, 0.1) is 12.2 Å². The van der Waals surface area contributed by atoms with Crippen LogP contribution in [0.4, 0.5) is 4.79 Å². The Labute approximate surface area is 175 Å². The molecule has 3 atom stereocenters. The lowest BCUT2D eigenvalue weighted by Gasteiger charge is -2.35. The summed E-state index contributed by atoms with van der Waals surface area (Å²) in [6.07, 6.45) is -0.197. The Kier molecular flexibility index (Phi) is 6.12. The van der Waals surface area contributed by atoms with Gasteiger partial charge in [-0.15, -0.1) is 0 Å². The standard InChI is InChI=1S/C21H27N3O6/c1-13-5-7-16(8-6-13)21(4)19(27)24(20(28)22-21)11-18(26)29-12-17(25)23-9-14(2)30-15(3)10-23/h5-8,14-15H,9-12H2,1-4H3,(H,22,28)/t14-,15-,21-/m1/s1. The highest BCUT2D eigenvalue weighted by Crippen LogP contribution is 2.28.